The summed E-state index contributed by atoms with van der Waals surface area (Å²) in [6, 6.07) is 15.0. The summed E-state index contributed by atoms with van der Waals surface area (Å²) in [7, 11) is -1.85. The molecule has 0 N–H and O–H groups in total. The van der Waals surface area contributed by atoms with E-state index in [1.54, 1.807) is 11.7 Å². The molecule has 0 aromatic heterocycles. The second-order valence-electron chi connectivity index (χ2n) is 5.49. The van der Waals surface area contributed by atoms with Crippen LogP contribution in [-0.4, -0.2) is 23.2 Å². The summed E-state index contributed by atoms with van der Waals surface area (Å²) in [6.07, 6.45) is 0.389. The lowest BCUT2D eigenvalue weighted by Crippen LogP contribution is -2.29. The van der Waals surface area contributed by atoms with Gasteiger partial charge in [0.25, 0.3) is 5.69 Å². The van der Waals surface area contributed by atoms with Crippen molar-refractivity contribution in [3.63, 3.8) is 0 Å². The van der Waals surface area contributed by atoms with Crippen molar-refractivity contribution in [3.8, 4) is 5.75 Å². The predicted molar refractivity (Wildman–Crippen MR) is 88.8 cm³/mol. The molecule has 126 valence electrons. The Morgan fingerprint density at radius 2 is 1.88 bits per heavy atom. The van der Waals surface area contributed by atoms with Crippen LogP contribution < -0.4 is 4.52 Å². The minimum absolute atomic E-state index is 0.0549. The van der Waals surface area contributed by atoms with Gasteiger partial charge in [-0.1, -0.05) is 30.3 Å². The molecule has 2 aromatic carbocycles. The molecule has 1 heterocycles. The highest BCUT2D eigenvalue weighted by Gasteiger charge is 2.40. The van der Waals surface area contributed by atoms with Gasteiger partial charge in [-0.3, -0.25) is 14.6 Å². The monoisotopic (exact) mass is 348 g/mol. The van der Waals surface area contributed by atoms with Gasteiger partial charge >= 0.3 is 7.75 Å². The van der Waals surface area contributed by atoms with Crippen molar-refractivity contribution < 1.29 is 18.5 Å². The van der Waals surface area contributed by atoms with E-state index in [9.17, 15) is 14.7 Å². The summed E-state index contributed by atoms with van der Waals surface area (Å²) in [4.78, 5) is 10.2. The Bertz CT molecular complexity index is 766. The Hall–Kier alpha value is -2.21. The van der Waals surface area contributed by atoms with Gasteiger partial charge in [-0.25, -0.2) is 9.24 Å². The largest absolute Gasteiger partial charge is 0.461 e. The molecule has 0 spiro atoms. The van der Waals surface area contributed by atoms with Gasteiger partial charge in [-0.2, -0.15) is 0 Å². The molecular formula is C16H17N2O5P. The molecule has 3 rings (SSSR count). The number of hydrogen-bond acceptors (Lipinski definition) is 5. The molecule has 1 saturated heterocycles. The van der Waals surface area contributed by atoms with Crippen molar-refractivity contribution in [1.82, 2.24) is 4.67 Å². The first-order chi connectivity index (χ1) is 11.5. The summed E-state index contributed by atoms with van der Waals surface area (Å²) in [5, 5.41) is 10.7. The molecule has 0 bridgehead atoms. The zero-order valence-electron chi connectivity index (χ0n) is 13.1. The van der Waals surface area contributed by atoms with E-state index in [1.165, 1.54) is 24.3 Å². The fourth-order valence-electron chi connectivity index (χ4n) is 2.47. The maximum atomic E-state index is 13.1. The molecule has 24 heavy (non-hydrogen) atoms. The lowest BCUT2D eigenvalue weighted by Gasteiger charge is -2.35. The van der Waals surface area contributed by atoms with E-state index in [1.807, 2.05) is 30.3 Å². The molecule has 7 nitrogen and oxygen atoms in total. The highest BCUT2D eigenvalue weighted by Crippen LogP contribution is 2.57. The van der Waals surface area contributed by atoms with Crippen molar-refractivity contribution in [3.05, 3.63) is 70.3 Å². The summed E-state index contributed by atoms with van der Waals surface area (Å²) in [6.45, 7) is 0.559. The van der Waals surface area contributed by atoms with Gasteiger partial charge < -0.3 is 4.52 Å². The fourth-order valence-corrected chi connectivity index (χ4v) is 4.11. The highest BCUT2D eigenvalue weighted by atomic mass is 31.2. The van der Waals surface area contributed by atoms with Crippen molar-refractivity contribution in [2.75, 3.05) is 13.6 Å². The van der Waals surface area contributed by atoms with Crippen LogP contribution in [0.5, 0.6) is 5.75 Å². The number of nitrogens with zero attached hydrogens (tertiary/aromatic N) is 2. The first-order valence-electron chi connectivity index (χ1n) is 7.47. The molecule has 2 aromatic rings. The molecule has 0 radical (unpaired) electrons. The standard InChI is InChI=1S/C16H17N2O5P/c1-17-12-11-16(13-5-3-2-4-6-13)23-24(17,21)22-15-9-7-14(8-10-15)18(19)20/h2-10,16H,11-12H2,1H3. The van der Waals surface area contributed by atoms with Crippen LogP contribution in [0, 0.1) is 10.1 Å². The number of hydrogen-bond donors (Lipinski definition) is 0. The fraction of sp³-hybridized carbons (Fsp3) is 0.250. The molecule has 1 aliphatic rings. The Morgan fingerprint density at radius 3 is 2.50 bits per heavy atom. The third kappa shape index (κ3) is 3.48. The summed E-state index contributed by atoms with van der Waals surface area (Å²) < 4.78 is 26.0. The van der Waals surface area contributed by atoms with Gasteiger partial charge in [0.05, 0.1) is 11.0 Å². The SMILES string of the molecule is CN1CCC(c2ccccc2)OP1(=O)Oc1ccc([N+](=O)[O-])cc1. The average Bonchev–Trinajstić information content (AvgIpc) is 2.59. The Labute approximate surface area is 139 Å². The molecular weight excluding hydrogens is 331 g/mol. The molecule has 0 amide bonds. The van der Waals surface area contributed by atoms with Gasteiger partial charge in [0.15, 0.2) is 0 Å². The maximum absolute atomic E-state index is 13.1. The molecule has 0 saturated carbocycles. The molecule has 1 aliphatic heterocycles. The summed E-state index contributed by atoms with van der Waals surface area (Å²) in [5.41, 5.74) is 0.888. The smallest absolute Gasteiger partial charge is 0.413 e. The van der Waals surface area contributed by atoms with E-state index >= 15 is 0 Å². The number of non-ortho nitro benzene ring substituents is 1. The third-order valence-electron chi connectivity index (χ3n) is 3.83. The van der Waals surface area contributed by atoms with Crippen molar-refractivity contribution >= 4 is 13.4 Å². The van der Waals surface area contributed by atoms with E-state index < -0.39 is 12.7 Å². The van der Waals surface area contributed by atoms with Crippen LogP contribution >= 0.6 is 7.75 Å². The first kappa shape index (κ1) is 16.6. The Morgan fingerprint density at radius 1 is 1.21 bits per heavy atom. The number of benzene rings is 2. The van der Waals surface area contributed by atoms with Crippen LogP contribution in [0.15, 0.2) is 54.6 Å². The lowest BCUT2D eigenvalue weighted by atomic mass is 10.1. The van der Waals surface area contributed by atoms with Crippen LogP contribution in [0.4, 0.5) is 5.69 Å². The highest BCUT2D eigenvalue weighted by molar-refractivity contribution is 7.51. The lowest BCUT2D eigenvalue weighted by molar-refractivity contribution is -0.384. The normalized spacial score (nSPS) is 24.5. The number of nitro benzene ring substituents is 1. The number of rotatable bonds is 4. The Kier molecular flexibility index (Phi) is 4.66. The van der Waals surface area contributed by atoms with Crippen molar-refractivity contribution in [2.45, 2.75) is 12.5 Å². The summed E-state index contributed by atoms with van der Waals surface area (Å²) in [5.74, 6) is 0.268. The van der Waals surface area contributed by atoms with E-state index in [4.69, 9.17) is 9.05 Å². The first-order valence-corrected chi connectivity index (χ1v) is 8.96. The van der Waals surface area contributed by atoms with Gasteiger partial charge in [-0.05, 0) is 31.2 Å². The minimum Gasteiger partial charge on any atom is -0.413 e. The molecule has 8 heteroatoms. The van der Waals surface area contributed by atoms with Gasteiger partial charge in [0.1, 0.15) is 5.75 Å². The van der Waals surface area contributed by atoms with Crippen LogP contribution in [0.25, 0.3) is 0 Å². The molecule has 0 aliphatic carbocycles. The second kappa shape index (κ2) is 6.73. The number of nitro groups is 1. The van der Waals surface area contributed by atoms with Gasteiger partial charge in [0.2, 0.25) is 0 Å². The van der Waals surface area contributed by atoms with Crippen LogP contribution in [0.3, 0.4) is 0 Å². The van der Waals surface area contributed by atoms with E-state index in [0.717, 1.165) is 5.56 Å². The predicted octanol–water partition coefficient (Wildman–Crippen LogP) is 4.18. The van der Waals surface area contributed by atoms with E-state index in [0.29, 0.717) is 13.0 Å². The summed E-state index contributed by atoms with van der Waals surface area (Å²) >= 11 is 0. The van der Waals surface area contributed by atoms with Crippen molar-refractivity contribution in [2.24, 2.45) is 0 Å². The van der Waals surface area contributed by atoms with Crippen LogP contribution in [-0.2, 0) is 9.09 Å². The zero-order valence-corrected chi connectivity index (χ0v) is 14.0. The molecule has 2 atom stereocenters. The minimum atomic E-state index is -3.52. The average molecular weight is 348 g/mol. The van der Waals surface area contributed by atoms with Crippen LogP contribution in [0.1, 0.15) is 18.1 Å². The van der Waals surface area contributed by atoms with Gasteiger partial charge in [-0.15, -0.1) is 0 Å². The second-order valence-corrected chi connectivity index (χ2v) is 7.50. The quantitative estimate of drug-likeness (QED) is 0.468. The van der Waals surface area contributed by atoms with E-state index in [-0.39, 0.29) is 17.5 Å². The maximum Gasteiger partial charge on any atom is 0.461 e. The third-order valence-corrected chi connectivity index (χ3v) is 5.83. The van der Waals surface area contributed by atoms with Crippen LogP contribution in [0.2, 0.25) is 0 Å². The van der Waals surface area contributed by atoms with Gasteiger partial charge in [0, 0.05) is 18.7 Å². The topological polar surface area (TPSA) is 81.9 Å². The Balaban J connectivity index is 1.79. The zero-order chi connectivity index (χ0) is 17.2. The molecule has 1 fully saturated rings. The van der Waals surface area contributed by atoms with E-state index in [2.05, 4.69) is 0 Å². The van der Waals surface area contributed by atoms with Crippen molar-refractivity contribution in [1.29, 1.82) is 0 Å². The molecule has 2 unspecified atom stereocenters.